The first-order valence-electron chi connectivity index (χ1n) is 10.0. The zero-order valence-corrected chi connectivity index (χ0v) is 17.5. The molecule has 0 radical (unpaired) electrons. The van der Waals surface area contributed by atoms with Gasteiger partial charge in [0.1, 0.15) is 11.5 Å². The Balaban J connectivity index is 1.42. The van der Waals surface area contributed by atoms with Crippen molar-refractivity contribution in [2.75, 3.05) is 25.6 Å². The number of benzene rings is 3. The van der Waals surface area contributed by atoms with Gasteiger partial charge in [-0.3, -0.25) is 4.79 Å². The first-order chi connectivity index (χ1) is 14.6. The van der Waals surface area contributed by atoms with Crippen molar-refractivity contribution in [3.8, 4) is 11.5 Å². The van der Waals surface area contributed by atoms with E-state index in [1.165, 1.54) is 5.56 Å². The number of rotatable bonds is 10. The fourth-order valence-electron chi connectivity index (χ4n) is 3.09. The maximum absolute atomic E-state index is 12.1. The average Bonchev–Trinajstić information content (AvgIpc) is 2.77. The molecule has 3 aromatic rings. The molecule has 0 bridgehead atoms. The predicted octanol–water partition coefficient (Wildman–Crippen LogP) is 4.35. The van der Waals surface area contributed by atoms with Gasteiger partial charge in [0.05, 0.1) is 7.11 Å². The molecule has 0 aliphatic rings. The number of hydrogen-bond acceptors (Lipinski definition) is 4. The van der Waals surface area contributed by atoms with Crippen LogP contribution in [-0.4, -0.2) is 26.2 Å². The van der Waals surface area contributed by atoms with Crippen LogP contribution in [0.5, 0.6) is 11.5 Å². The fourth-order valence-corrected chi connectivity index (χ4v) is 3.09. The normalized spacial score (nSPS) is 10.5. The molecular weight excluding hydrogens is 376 g/mol. The molecule has 0 spiro atoms. The van der Waals surface area contributed by atoms with Crippen LogP contribution in [0.3, 0.4) is 0 Å². The van der Waals surface area contributed by atoms with Gasteiger partial charge < -0.3 is 20.1 Å². The maximum Gasteiger partial charge on any atom is 0.262 e. The van der Waals surface area contributed by atoms with Crippen molar-refractivity contribution < 1.29 is 14.3 Å². The molecule has 5 nitrogen and oxygen atoms in total. The van der Waals surface area contributed by atoms with E-state index in [1.807, 2.05) is 73.7 Å². The van der Waals surface area contributed by atoms with Crippen molar-refractivity contribution in [3.05, 3.63) is 89.5 Å². The third kappa shape index (κ3) is 6.64. The Morgan fingerprint density at radius 3 is 2.57 bits per heavy atom. The highest BCUT2D eigenvalue weighted by Gasteiger charge is 2.05. The highest BCUT2D eigenvalue weighted by Crippen LogP contribution is 2.17. The van der Waals surface area contributed by atoms with Gasteiger partial charge in [0.25, 0.3) is 5.91 Å². The third-order valence-corrected chi connectivity index (χ3v) is 4.70. The number of aryl methyl sites for hydroxylation is 1. The van der Waals surface area contributed by atoms with Crippen LogP contribution in [0, 0.1) is 6.92 Å². The van der Waals surface area contributed by atoms with Crippen molar-refractivity contribution in [2.24, 2.45) is 0 Å². The van der Waals surface area contributed by atoms with Gasteiger partial charge in [-0.15, -0.1) is 0 Å². The summed E-state index contributed by atoms with van der Waals surface area (Å²) in [4.78, 5) is 12.1. The van der Waals surface area contributed by atoms with E-state index < -0.39 is 0 Å². The molecular formula is C25H28N2O3. The number of nitrogens with one attached hydrogen (secondary N) is 2. The largest absolute Gasteiger partial charge is 0.496 e. The predicted molar refractivity (Wildman–Crippen MR) is 120 cm³/mol. The Bertz CT molecular complexity index is 955. The van der Waals surface area contributed by atoms with E-state index in [2.05, 4.69) is 16.7 Å². The molecule has 3 aromatic carbocycles. The van der Waals surface area contributed by atoms with Crippen LogP contribution in [0.25, 0.3) is 0 Å². The summed E-state index contributed by atoms with van der Waals surface area (Å²) in [5.74, 6) is 1.41. The van der Waals surface area contributed by atoms with Crippen LogP contribution in [0.2, 0.25) is 0 Å². The van der Waals surface area contributed by atoms with Crippen LogP contribution in [-0.2, 0) is 17.8 Å². The number of para-hydroxylation sites is 1. The van der Waals surface area contributed by atoms with Crippen LogP contribution in [0.15, 0.2) is 72.8 Å². The smallest absolute Gasteiger partial charge is 0.262 e. The van der Waals surface area contributed by atoms with Gasteiger partial charge in [-0.05, 0) is 61.3 Å². The summed E-state index contributed by atoms with van der Waals surface area (Å²) in [6, 6.07) is 23.5. The molecule has 0 heterocycles. The van der Waals surface area contributed by atoms with E-state index in [1.54, 1.807) is 7.11 Å². The van der Waals surface area contributed by atoms with E-state index in [4.69, 9.17) is 9.47 Å². The van der Waals surface area contributed by atoms with Crippen molar-refractivity contribution in [1.29, 1.82) is 0 Å². The Hall–Kier alpha value is -3.31. The van der Waals surface area contributed by atoms with Gasteiger partial charge >= 0.3 is 0 Å². The number of anilines is 1. The van der Waals surface area contributed by atoms with Crippen LogP contribution < -0.4 is 20.1 Å². The topological polar surface area (TPSA) is 59.6 Å². The molecule has 0 fully saturated rings. The summed E-state index contributed by atoms with van der Waals surface area (Å²) in [5, 5.41) is 6.27. The van der Waals surface area contributed by atoms with Crippen molar-refractivity contribution >= 4 is 11.6 Å². The first kappa shape index (κ1) is 21.4. The first-order valence-corrected chi connectivity index (χ1v) is 10.0. The molecule has 0 atom stereocenters. The zero-order chi connectivity index (χ0) is 21.2. The number of hydrogen-bond donors (Lipinski definition) is 2. The molecule has 0 saturated carbocycles. The lowest BCUT2D eigenvalue weighted by molar-refractivity contribution is -0.118. The van der Waals surface area contributed by atoms with Crippen LogP contribution in [0.1, 0.15) is 16.7 Å². The van der Waals surface area contributed by atoms with E-state index >= 15 is 0 Å². The molecule has 30 heavy (non-hydrogen) atoms. The van der Waals surface area contributed by atoms with Crippen LogP contribution in [0.4, 0.5) is 5.69 Å². The molecule has 0 unspecified atom stereocenters. The second-order valence-electron chi connectivity index (χ2n) is 7.09. The maximum atomic E-state index is 12.1. The fraction of sp³-hybridized carbons (Fsp3) is 0.240. The van der Waals surface area contributed by atoms with Gasteiger partial charge in [-0.1, -0.05) is 48.0 Å². The van der Waals surface area contributed by atoms with Crippen molar-refractivity contribution in [2.45, 2.75) is 19.9 Å². The average molecular weight is 405 g/mol. The summed E-state index contributed by atoms with van der Waals surface area (Å²) in [6.45, 7) is 3.54. The van der Waals surface area contributed by atoms with Gasteiger partial charge in [-0.25, -0.2) is 0 Å². The van der Waals surface area contributed by atoms with Gasteiger partial charge in [0.2, 0.25) is 0 Å². The summed E-state index contributed by atoms with van der Waals surface area (Å²) >= 11 is 0. The summed E-state index contributed by atoms with van der Waals surface area (Å²) < 4.78 is 11.0. The van der Waals surface area contributed by atoms with E-state index in [-0.39, 0.29) is 12.5 Å². The third-order valence-electron chi connectivity index (χ3n) is 4.70. The Labute approximate surface area is 178 Å². The number of methoxy groups -OCH3 is 1. The molecule has 5 heteroatoms. The lowest BCUT2D eigenvalue weighted by Gasteiger charge is -2.11. The Morgan fingerprint density at radius 2 is 1.77 bits per heavy atom. The molecule has 1 amide bonds. The number of ether oxygens (including phenoxy) is 2. The SMILES string of the molecule is COc1ccccc1CCNCc1cccc(OCC(=O)Nc2ccc(C)cc2)c1. The molecule has 0 aromatic heterocycles. The summed E-state index contributed by atoms with van der Waals surface area (Å²) in [6.07, 6.45) is 0.888. The second-order valence-corrected chi connectivity index (χ2v) is 7.09. The number of carbonyl (C=O) groups excluding carboxylic acids is 1. The lowest BCUT2D eigenvalue weighted by Crippen LogP contribution is -2.20. The Morgan fingerprint density at radius 1 is 0.967 bits per heavy atom. The minimum atomic E-state index is -0.181. The highest BCUT2D eigenvalue weighted by atomic mass is 16.5. The molecule has 0 aliphatic carbocycles. The van der Waals surface area contributed by atoms with Gasteiger partial charge in [0.15, 0.2) is 6.61 Å². The van der Waals surface area contributed by atoms with Crippen molar-refractivity contribution in [1.82, 2.24) is 5.32 Å². The van der Waals surface area contributed by atoms with E-state index in [0.29, 0.717) is 5.75 Å². The molecule has 2 N–H and O–H groups in total. The van der Waals surface area contributed by atoms with E-state index in [9.17, 15) is 4.79 Å². The van der Waals surface area contributed by atoms with Crippen LogP contribution >= 0.6 is 0 Å². The summed E-state index contributed by atoms with van der Waals surface area (Å²) in [5.41, 5.74) is 4.20. The standard InChI is InChI=1S/C25H28N2O3/c1-19-10-12-22(13-11-19)27-25(28)18-30-23-8-5-6-20(16-23)17-26-15-14-21-7-3-4-9-24(21)29-2/h3-13,16,26H,14-15,17-18H2,1-2H3,(H,27,28). The molecule has 156 valence electrons. The quantitative estimate of drug-likeness (QED) is 0.493. The minimum absolute atomic E-state index is 0.0292. The summed E-state index contributed by atoms with van der Waals surface area (Å²) in [7, 11) is 1.69. The van der Waals surface area contributed by atoms with Crippen molar-refractivity contribution in [3.63, 3.8) is 0 Å². The molecule has 3 rings (SSSR count). The zero-order valence-electron chi connectivity index (χ0n) is 17.5. The van der Waals surface area contributed by atoms with Gasteiger partial charge in [0, 0.05) is 12.2 Å². The lowest BCUT2D eigenvalue weighted by atomic mass is 10.1. The van der Waals surface area contributed by atoms with E-state index in [0.717, 1.165) is 42.1 Å². The second kappa shape index (κ2) is 11.0. The number of amides is 1. The number of carbonyl (C=O) groups is 1. The van der Waals surface area contributed by atoms with Gasteiger partial charge in [-0.2, -0.15) is 0 Å². The monoisotopic (exact) mass is 404 g/mol. The minimum Gasteiger partial charge on any atom is -0.496 e. The molecule has 0 saturated heterocycles. The highest BCUT2D eigenvalue weighted by molar-refractivity contribution is 5.91. The Kier molecular flexibility index (Phi) is 7.86. The molecule has 0 aliphatic heterocycles.